The lowest BCUT2D eigenvalue weighted by atomic mass is 10.1. The van der Waals surface area contributed by atoms with E-state index in [1.807, 2.05) is 12.1 Å². The summed E-state index contributed by atoms with van der Waals surface area (Å²) in [5, 5.41) is 11.2. The van der Waals surface area contributed by atoms with Crippen LogP contribution in [0.4, 0.5) is 5.69 Å². The van der Waals surface area contributed by atoms with Crippen LogP contribution in [-0.4, -0.2) is 46.9 Å². The SMILES string of the molecule is C=CCN1C(=O)C(=Cc2cc([N+](=O)[O-])ccc2OCCOc2cccc(OC)c2)SC1=S. The molecule has 0 N–H and O–H groups in total. The Hall–Kier alpha value is -3.37. The molecule has 166 valence electrons. The van der Waals surface area contributed by atoms with Crippen molar-refractivity contribution in [3.63, 3.8) is 0 Å². The summed E-state index contributed by atoms with van der Waals surface area (Å²) >= 11 is 6.37. The summed E-state index contributed by atoms with van der Waals surface area (Å²) in [6.07, 6.45) is 3.13. The molecule has 3 rings (SSSR count). The second-order valence-corrected chi connectivity index (χ2v) is 8.11. The van der Waals surface area contributed by atoms with Gasteiger partial charge in [-0.25, -0.2) is 0 Å². The fourth-order valence-corrected chi connectivity index (χ4v) is 4.09. The summed E-state index contributed by atoms with van der Waals surface area (Å²) in [6, 6.07) is 11.4. The zero-order chi connectivity index (χ0) is 23.1. The van der Waals surface area contributed by atoms with Crippen molar-refractivity contribution in [2.24, 2.45) is 0 Å². The molecule has 32 heavy (non-hydrogen) atoms. The van der Waals surface area contributed by atoms with E-state index in [0.29, 0.717) is 38.6 Å². The molecule has 1 amide bonds. The molecule has 1 heterocycles. The molecule has 8 nitrogen and oxygen atoms in total. The highest BCUT2D eigenvalue weighted by molar-refractivity contribution is 8.26. The van der Waals surface area contributed by atoms with Gasteiger partial charge in [0.25, 0.3) is 11.6 Å². The summed E-state index contributed by atoms with van der Waals surface area (Å²) in [4.78, 5) is 25.1. The van der Waals surface area contributed by atoms with Crippen molar-refractivity contribution in [1.29, 1.82) is 0 Å². The molecular formula is C22H20N2O6S2. The molecule has 1 fully saturated rings. The smallest absolute Gasteiger partial charge is 0.270 e. The molecule has 1 saturated heterocycles. The molecule has 0 bridgehead atoms. The van der Waals surface area contributed by atoms with Crippen LogP contribution >= 0.6 is 24.0 Å². The van der Waals surface area contributed by atoms with Crippen molar-refractivity contribution in [2.45, 2.75) is 0 Å². The van der Waals surface area contributed by atoms with E-state index < -0.39 is 4.92 Å². The van der Waals surface area contributed by atoms with E-state index in [4.69, 9.17) is 26.4 Å². The number of nitrogens with zero attached hydrogens (tertiary/aromatic N) is 2. The van der Waals surface area contributed by atoms with Gasteiger partial charge in [0, 0.05) is 30.3 Å². The van der Waals surface area contributed by atoms with Crippen LogP contribution in [-0.2, 0) is 4.79 Å². The maximum Gasteiger partial charge on any atom is 0.270 e. The van der Waals surface area contributed by atoms with Crippen LogP contribution in [0.2, 0.25) is 0 Å². The molecule has 10 heteroatoms. The van der Waals surface area contributed by atoms with E-state index in [1.54, 1.807) is 31.4 Å². The molecule has 0 unspecified atom stereocenters. The van der Waals surface area contributed by atoms with Crippen molar-refractivity contribution in [3.8, 4) is 17.2 Å². The number of thioether (sulfide) groups is 1. The Balaban J connectivity index is 1.75. The predicted octanol–water partition coefficient (Wildman–Crippen LogP) is 4.45. The fraction of sp³-hybridized carbons (Fsp3) is 0.182. The van der Waals surface area contributed by atoms with Gasteiger partial charge in [0.2, 0.25) is 0 Å². The van der Waals surface area contributed by atoms with Gasteiger partial charge in [-0.15, -0.1) is 6.58 Å². The molecule has 2 aromatic carbocycles. The molecule has 0 radical (unpaired) electrons. The number of ether oxygens (including phenoxy) is 3. The number of nitro benzene ring substituents is 1. The maximum absolute atomic E-state index is 12.6. The van der Waals surface area contributed by atoms with E-state index in [2.05, 4.69) is 6.58 Å². The van der Waals surface area contributed by atoms with Crippen LogP contribution in [0.15, 0.2) is 60.0 Å². The summed E-state index contributed by atoms with van der Waals surface area (Å²) in [6.45, 7) is 4.35. The Morgan fingerprint density at radius 2 is 1.94 bits per heavy atom. The topological polar surface area (TPSA) is 91.1 Å². The van der Waals surface area contributed by atoms with Crippen LogP contribution in [0.3, 0.4) is 0 Å². The second-order valence-electron chi connectivity index (χ2n) is 6.44. The van der Waals surface area contributed by atoms with Gasteiger partial charge < -0.3 is 14.2 Å². The van der Waals surface area contributed by atoms with Gasteiger partial charge in [0.05, 0.1) is 16.9 Å². The van der Waals surface area contributed by atoms with Crippen molar-refractivity contribution < 1.29 is 23.9 Å². The van der Waals surface area contributed by atoms with Crippen LogP contribution in [0, 0.1) is 10.1 Å². The first kappa shape index (κ1) is 23.3. The fourth-order valence-electron chi connectivity index (χ4n) is 2.82. The van der Waals surface area contributed by atoms with E-state index in [1.165, 1.54) is 23.1 Å². The molecule has 1 aliphatic rings. The van der Waals surface area contributed by atoms with Gasteiger partial charge in [-0.3, -0.25) is 19.8 Å². The lowest BCUT2D eigenvalue weighted by molar-refractivity contribution is -0.384. The van der Waals surface area contributed by atoms with Crippen LogP contribution < -0.4 is 14.2 Å². The molecular weight excluding hydrogens is 452 g/mol. The number of thiocarbonyl (C=S) groups is 1. The van der Waals surface area contributed by atoms with Crippen LogP contribution in [0.1, 0.15) is 5.56 Å². The monoisotopic (exact) mass is 472 g/mol. The van der Waals surface area contributed by atoms with Crippen LogP contribution in [0.25, 0.3) is 6.08 Å². The second kappa shape index (κ2) is 10.8. The number of amides is 1. The molecule has 0 aromatic heterocycles. The highest BCUT2D eigenvalue weighted by atomic mass is 32.2. The van der Waals surface area contributed by atoms with E-state index in [9.17, 15) is 14.9 Å². The van der Waals surface area contributed by atoms with E-state index >= 15 is 0 Å². The van der Waals surface area contributed by atoms with Gasteiger partial charge >= 0.3 is 0 Å². The van der Waals surface area contributed by atoms with Crippen molar-refractivity contribution in [2.75, 3.05) is 26.9 Å². The average Bonchev–Trinajstić information content (AvgIpc) is 3.05. The van der Waals surface area contributed by atoms with Gasteiger partial charge in [-0.1, -0.05) is 36.1 Å². The van der Waals surface area contributed by atoms with E-state index in [0.717, 1.165) is 11.8 Å². The largest absolute Gasteiger partial charge is 0.497 e. The highest BCUT2D eigenvalue weighted by Gasteiger charge is 2.31. The summed E-state index contributed by atoms with van der Waals surface area (Å²) in [5.41, 5.74) is 0.289. The first-order chi connectivity index (χ1) is 15.4. The molecule has 0 aliphatic carbocycles. The molecule has 2 aromatic rings. The first-order valence-electron chi connectivity index (χ1n) is 9.47. The number of hydrogen-bond acceptors (Lipinski definition) is 8. The Kier molecular flexibility index (Phi) is 7.85. The standard InChI is InChI=1S/C22H20N2O6S2/c1-3-9-23-21(25)20(32-22(23)31)13-15-12-16(24(26)27)7-8-19(15)30-11-10-29-18-6-4-5-17(14-18)28-2/h3-8,12-14H,1,9-11H2,2H3. The number of benzene rings is 2. The first-order valence-corrected chi connectivity index (χ1v) is 10.7. The Morgan fingerprint density at radius 3 is 2.66 bits per heavy atom. The maximum atomic E-state index is 12.6. The van der Waals surface area contributed by atoms with Crippen molar-refractivity contribution in [1.82, 2.24) is 4.90 Å². The third-order valence-electron chi connectivity index (χ3n) is 4.33. The number of non-ortho nitro benzene ring substituents is 1. The highest BCUT2D eigenvalue weighted by Crippen LogP contribution is 2.35. The minimum Gasteiger partial charge on any atom is -0.497 e. The normalized spacial score (nSPS) is 14.5. The van der Waals surface area contributed by atoms with Crippen molar-refractivity contribution >= 4 is 46.0 Å². The number of carbonyl (C=O) groups excluding carboxylic acids is 1. The third kappa shape index (κ3) is 5.65. The molecule has 0 spiro atoms. The zero-order valence-corrected chi connectivity index (χ0v) is 18.8. The van der Waals surface area contributed by atoms with E-state index in [-0.39, 0.29) is 24.8 Å². The van der Waals surface area contributed by atoms with Gasteiger partial charge in [0.1, 0.15) is 34.8 Å². The average molecular weight is 473 g/mol. The Morgan fingerprint density at radius 1 is 1.19 bits per heavy atom. The minimum absolute atomic E-state index is 0.113. The zero-order valence-electron chi connectivity index (χ0n) is 17.2. The van der Waals surface area contributed by atoms with Gasteiger partial charge in [0.15, 0.2) is 0 Å². The van der Waals surface area contributed by atoms with Crippen molar-refractivity contribution in [3.05, 3.63) is 75.7 Å². The van der Waals surface area contributed by atoms with Gasteiger partial charge in [-0.05, 0) is 24.3 Å². The lowest BCUT2D eigenvalue weighted by Crippen LogP contribution is -2.27. The molecule has 0 saturated carbocycles. The quantitative estimate of drug-likeness (QED) is 0.125. The van der Waals surface area contributed by atoms with Crippen LogP contribution in [0.5, 0.6) is 17.2 Å². The summed E-state index contributed by atoms with van der Waals surface area (Å²) in [5.74, 6) is 1.41. The lowest BCUT2D eigenvalue weighted by Gasteiger charge is -2.12. The number of carbonyl (C=O) groups is 1. The molecule has 1 aliphatic heterocycles. The number of rotatable bonds is 10. The number of hydrogen-bond donors (Lipinski definition) is 0. The third-order valence-corrected chi connectivity index (χ3v) is 5.70. The summed E-state index contributed by atoms with van der Waals surface area (Å²) < 4.78 is 17.0. The molecule has 0 atom stereocenters. The minimum atomic E-state index is -0.504. The predicted molar refractivity (Wildman–Crippen MR) is 127 cm³/mol. The Bertz CT molecular complexity index is 1090. The van der Waals surface area contributed by atoms with Gasteiger partial charge in [-0.2, -0.15) is 0 Å². The number of nitro groups is 1. The summed E-state index contributed by atoms with van der Waals surface area (Å²) in [7, 11) is 1.57. The Labute approximate surface area is 194 Å². The number of methoxy groups -OCH3 is 1.